The van der Waals surface area contributed by atoms with Crippen molar-refractivity contribution in [3.63, 3.8) is 0 Å². The van der Waals surface area contributed by atoms with Crippen molar-refractivity contribution in [3.8, 4) is 0 Å². The Morgan fingerprint density at radius 1 is 1.36 bits per heavy atom. The van der Waals surface area contributed by atoms with Gasteiger partial charge in [0.15, 0.2) is 0 Å². The molecule has 1 aliphatic heterocycles. The largest absolute Gasteiger partial charge is 0.545 e. The lowest BCUT2D eigenvalue weighted by Crippen LogP contribution is -2.22. The van der Waals surface area contributed by atoms with Gasteiger partial charge in [-0.3, -0.25) is 0 Å². The van der Waals surface area contributed by atoms with E-state index in [0.717, 1.165) is 23.9 Å². The van der Waals surface area contributed by atoms with Gasteiger partial charge in [0.25, 0.3) is 0 Å². The lowest BCUT2D eigenvalue weighted by atomic mass is 10.2. The first-order valence-corrected chi connectivity index (χ1v) is 5.57. The maximum Gasteiger partial charge on any atom is 0.0715 e. The van der Waals surface area contributed by atoms with E-state index in [2.05, 4.69) is 4.90 Å². The molecule has 0 atom stereocenters. The molecule has 3 nitrogen and oxygen atoms in total. The van der Waals surface area contributed by atoms with Crippen LogP contribution in [0.2, 0.25) is 0 Å². The van der Waals surface area contributed by atoms with Crippen LogP contribution in [0.3, 0.4) is 0 Å². The molecule has 0 radical (unpaired) electrons. The molecule has 1 saturated heterocycles. The number of aromatic carboxylic acids is 1. The molecule has 1 aliphatic rings. The molecule has 0 spiro atoms. The number of nitrogens with zero attached hydrogens (tertiary/aromatic N) is 1. The van der Waals surface area contributed by atoms with Gasteiger partial charge >= 0.3 is 0 Å². The van der Waals surface area contributed by atoms with Crippen molar-refractivity contribution >= 4 is 23.4 Å². The van der Waals surface area contributed by atoms with Crippen molar-refractivity contribution < 1.29 is 9.90 Å². The first kappa shape index (κ1) is 9.40. The van der Waals surface area contributed by atoms with E-state index in [1.165, 1.54) is 0 Å². The van der Waals surface area contributed by atoms with Crippen molar-refractivity contribution in [2.24, 2.45) is 0 Å². The smallest absolute Gasteiger partial charge is 0.0715 e. The van der Waals surface area contributed by atoms with E-state index in [9.17, 15) is 9.90 Å². The fourth-order valence-corrected chi connectivity index (χ4v) is 2.40. The van der Waals surface area contributed by atoms with Gasteiger partial charge in [-0.2, -0.15) is 0 Å². The monoisotopic (exact) mass is 208 g/mol. The van der Waals surface area contributed by atoms with Gasteiger partial charge in [0.1, 0.15) is 0 Å². The highest BCUT2D eigenvalue weighted by Gasteiger charge is 2.11. The van der Waals surface area contributed by atoms with E-state index in [0.29, 0.717) is 0 Å². The highest BCUT2D eigenvalue weighted by molar-refractivity contribution is 7.99. The molecule has 14 heavy (non-hydrogen) atoms. The van der Waals surface area contributed by atoms with Gasteiger partial charge in [-0.15, -0.1) is 11.8 Å². The molecular weight excluding hydrogens is 198 g/mol. The van der Waals surface area contributed by atoms with Crippen LogP contribution in [0.15, 0.2) is 24.3 Å². The Labute approximate surface area is 86.7 Å². The Kier molecular flexibility index (Phi) is 2.63. The second-order valence-corrected chi connectivity index (χ2v) is 4.21. The summed E-state index contributed by atoms with van der Waals surface area (Å²) in [6.07, 6.45) is 0. The predicted molar refractivity (Wildman–Crippen MR) is 55.4 cm³/mol. The summed E-state index contributed by atoms with van der Waals surface area (Å²) in [4.78, 5) is 12.7. The third-order valence-corrected chi connectivity index (χ3v) is 3.19. The van der Waals surface area contributed by atoms with Crippen LogP contribution < -0.4 is 10.0 Å². The highest BCUT2D eigenvalue weighted by atomic mass is 32.2. The predicted octanol–water partition coefficient (Wildman–Crippen LogP) is 0.561. The van der Waals surface area contributed by atoms with Crippen LogP contribution in [0.5, 0.6) is 0 Å². The van der Waals surface area contributed by atoms with Crippen LogP contribution in [0.25, 0.3) is 0 Å². The standard InChI is InChI=1S/C10H11NO2S/c12-10(13)8-1-3-9(4-2-8)11-5-6-14-7-11/h1-4H,5-7H2,(H,12,13)/p-1. The van der Waals surface area contributed by atoms with E-state index in [-0.39, 0.29) is 5.56 Å². The summed E-state index contributed by atoms with van der Waals surface area (Å²) < 4.78 is 0. The highest BCUT2D eigenvalue weighted by Crippen LogP contribution is 2.22. The van der Waals surface area contributed by atoms with Crippen molar-refractivity contribution in [2.45, 2.75) is 0 Å². The Morgan fingerprint density at radius 3 is 2.57 bits per heavy atom. The molecule has 0 N–H and O–H groups in total. The number of carbonyl (C=O) groups is 1. The fourth-order valence-electron chi connectivity index (χ4n) is 1.43. The first-order valence-electron chi connectivity index (χ1n) is 4.41. The van der Waals surface area contributed by atoms with E-state index in [1.54, 1.807) is 12.1 Å². The SMILES string of the molecule is O=C([O-])c1ccc(N2CCSC2)cc1. The maximum absolute atomic E-state index is 10.5. The molecule has 4 heteroatoms. The zero-order valence-electron chi connectivity index (χ0n) is 7.60. The van der Waals surface area contributed by atoms with Crippen LogP contribution in [0, 0.1) is 0 Å². The zero-order valence-corrected chi connectivity index (χ0v) is 8.42. The third-order valence-electron chi connectivity index (χ3n) is 2.22. The van der Waals surface area contributed by atoms with Gasteiger partial charge in [0, 0.05) is 18.0 Å². The molecular formula is C10H10NO2S-. The van der Waals surface area contributed by atoms with Gasteiger partial charge in [0.05, 0.1) is 11.8 Å². The minimum Gasteiger partial charge on any atom is -0.545 e. The molecule has 1 aromatic carbocycles. The Hall–Kier alpha value is -1.16. The number of carbonyl (C=O) groups excluding carboxylic acids is 1. The quantitative estimate of drug-likeness (QED) is 0.712. The van der Waals surface area contributed by atoms with Gasteiger partial charge in [-0.05, 0) is 17.7 Å². The molecule has 1 heterocycles. The molecule has 1 fully saturated rings. The third kappa shape index (κ3) is 1.85. The molecule has 0 aliphatic carbocycles. The summed E-state index contributed by atoms with van der Waals surface area (Å²) in [6.45, 7) is 1.04. The summed E-state index contributed by atoms with van der Waals surface area (Å²) in [6, 6.07) is 6.84. The van der Waals surface area contributed by atoms with E-state index >= 15 is 0 Å². The zero-order chi connectivity index (χ0) is 9.97. The van der Waals surface area contributed by atoms with Crippen LogP contribution in [-0.2, 0) is 0 Å². The Morgan fingerprint density at radius 2 is 2.07 bits per heavy atom. The summed E-state index contributed by atoms with van der Waals surface area (Å²) in [5, 5.41) is 10.5. The van der Waals surface area contributed by atoms with Crippen LogP contribution in [-0.4, -0.2) is 24.1 Å². The summed E-state index contributed by atoms with van der Waals surface area (Å²) in [7, 11) is 0. The lowest BCUT2D eigenvalue weighted by Gasteiger charge is -2.16. The average Bonchev–Trinajstić information content (AvgIpc) is 2.71. The summed E-state index contributed by atoms with van der Waals surface area (Å²) in [5.41, 5.74) is 1.32. The van der Waals surface area contributed by atoms with E-state index in [4.69, 9.17) is 0 Å². The summed E-state index contributed by atoms with van der Waals surface area (Å²) >= 11 is 1.88. The van der Waals surface area contributed by atoms with E-state index in [1.807, 2.05) is 23.9 Å². The molecule has 1 aromatic rings. The maximum atomic E-state index is 10.5. The second kappa shape index (κ2) is 3.92. The molecule has 2 rings (SSSR count). The van der Waals surface area contributed by atoms with Crippen molar-refractivity contribution in [3.05, 3.63) is 29.8 Å². The number of hydrogen-bond acceptors (Lipinski definition) is 4. The fraction of sp³-hybridized carbons (Fsp3) is 0.300. The molecule has 0 unspecified atom stereocenters. The van der Waals surface area contributed by atoms with Crippen molar-refractivity contribution in [1.29, 1.82) is 0 Å². The van der Waals surface area contributed by atoms with E-state index < -0.39 is 5.97 Å². The topological polar surface area (TPSA) is 43.4 Å². The van der Waals surface area contributed by atoms with Crippen molar-refractivity contribution in [1.82, 2.24) is 0 Å². The summed E-state index contributed by atoms with van der Waals surface area (Å²) in [5.74, 6) is 1.01. The molecule has 0 amide bonds. The van der Waals surface area contributed by atoms with Crippen LogP contribution in [0.1, 0.15) is 10.4 Å². The van der Waals surface area contributed by atoms with Crippen molar-refractivity contribution in [2.75, 3.05) is 23.1 Å². The number of thioether (sulfide) groups is 1. The van der Waals surface area contributed by atoms with Crippen LogP contribution >= 0.6 is 11.8 Å². The Bertz CT molecular complexity index is 330. The number of rotatable bonds is 2. The number of benzene rings is 1. The number of carboxylic acid groups (broad SMARTS) is 1. The molecule has 0 saturated carbocycles. The number of hydrogen-bond donors (Lipinski definition) is 0. The minimum atomic E-state index is -1.12. The molecule has 0 aromatic heterocycles. The second-order valence-electron chi connectivity index (χ2n) is 3.14. The van der Waals surface area contributed by atoms with Gasteiger partial charge in [-0.1, -0.05) is 12.1 Å². The number of carboxylic acids is 1. The van der Waals surface area contributed by atoms with Gasteiger partial charge in [0.2, 0.25) is 0 Å². The Balaban J connectivity index is 2.16. The average molecular weight is 208 g/mol. The van der Waals surface area contributed by atoms with Crippen LogP contribution in [0.4, 0.5) is 5.69 Å². The first-order chi connectivity index (χ1) is 6.77. The molecule has 74 valence electrons. The lowest BCUT2D eigenvalue weighted by molar-refractivity contribution is -0.255. The minimum absolute atomic E-state index is 0.237. The van der Waals surface area contributed by atoms with Gasteiger partial charge in [-0.25, -0.2) is 0 Å². The molecule has 0 bridgehead atoms. The normalized spacial score (nSPS) is 15.9. The number of anilines is 1. The van der Waals surface area contributed by atoms with Gasteiger partial charge < -0.3 is 14.8 Å².